The van der Waals surface area contributed by atoms with Gasteiger partial charge in [-0.1, -0.05) is 0 Å². The third kappa shape index (κ3) is 3.98. The fraction of sp³-hybridized carbons (Fsp3) is 0.762. The molecule has 4 fully saturated rings. The molecule has 1 aromatic rings. The predicted octanol–water partition coefficient (Wildman–Crippen LogP) is 2.03. The van der Waals surface area contributed by atoms with Gasteiger partial charge in [0, 0.05) is 31.1 Å². The van der Waals surface area contributed by atoms with Crippen molar-refractivity contribution in [2.75, 3.05) is 18.0 Å². The molecular formula is C21H31N5O3. The van der Waals surface area contributed by atoms with E-state index >= 15 is 0 Å². The lowest BCUT2D eigenvalue weighted by atomic mass is 9.79. The van der Waals surface area contributed by atoms with Crippen molar-refractivity contribution < 1.29 is 14.6 Å². The molecule has 4 atom stereocenters. The van der Waals surface area contributed by atoms with E-state index in [1.807, 2.05) is 0 Å². The quantitative estimate of drug-likeness (QED) is 0.689. The molecule has 3 heterocycles. The number of hydrazine groups is 1. The Labute approximate surface area is 171 Å². The van der Waals surface area contributed by atoms with Crippen LogP contribution in [-0.4, -0.2) is 51.9 Å². The van der Waals surface area contributed by atoms with Crippen molar-refractivity contribution in [1.29, 1.82) is 0 Å². The Balaban J connectivity index is 1.27. The number of carboxylic acid groups (broad SMARTS) is 1. The van der Waals surface area contributed by atoms with Gasteiger partial charge in [0.2, 0.25) is 0 Å². The molecule has 3 N–H and O–H groups in total. The summed E-state index contributed by atoms with van der Waals surface area (Å²) < 4.78 is 6.39. The van der Waals surface area contributed by atoms with Gasteiger partial charge in [-0.05, 0) is 51.9 Å². The van der Waals surface area contributed by atoms with E-state index in [1.54, 1.807) is 6.33 Å². The molecule has 4 aliphatic rings. The fourth-order valence-electron chi connectivity index (χ4n) is 5.17. The lowest BCUT2D eigenvalue weighted by Gasteiger charge is -2.35. The van der Waals surface area contributed by atoms with Crippen LogP contribution in [-0.2, 0) is 9.53 Å². The third-order valence-corrected chi connectivity index (χ3v) is 7.27. The second-order valence-electron chi connectivity index (χ2n) is 9.44. The van der Waals surface area contributed by atoms with Gasteiger partial charge in [0.05, 0.1) is 29.4 Å². The Morgan fingerprint density at radius 3 is 2.72 bits per heavy atom. The zero-order chi connectivity index (χ0) is 20.0. The van der Waals surface area contributed by atoms with Gasteiger partial charge < -0.3 is 14.7 Å². The Morgan fingerprint density at radius 2 is 2.00 bits per heavy atom. The van der Waals surface area contributed by atoms with Crippen molar-refractivity contribution in [1.82, 2.24) is 20.8 Å². The highest BCUT2D eigenvalue weighted by atomic mass is 16.5. The number of aromatic nitrogens is 2. The van der Waals surface area contributed by atoms with E-state index in [0.29, 0.717) is 30.9 Å². The molecule has 2 aliphatic carbocycles. The number of piperidine rings is 1. The maximum Gasteiger partial charge on any atom is 0.306 e. The number of fused-ring (bicyclic) bond motifs is 1. The second kappa shape index (κ2) is 7.49. The number of carboxylic acids is 1. The van der Waals surface area contributed by atoms with Crippen LogP contribution in [0.1, 0.15) is 63.6 Å². The number of nitrogens with zero attached hydrogens (tertiary/aromatic N) is 3. The van der Waals surface area contributed by atoms with E-state index in [0.717, 1.165) is 43.9 Å². The summed E-state index contributed by atoms with van der Waals surface area (Å²) in [7, 11) is 0. The molecule has 2 saturated carbocycles. The minimum Gasteiger partial charge on any atom is -0.481 e. The van der Waals surface area contributed by atoms with Crippen LogP contribution in [0, 0.1) is 11.8 Å². The standard InChI is InChI=1S/C21H31N5O3/c1-21(6-7-21)29-14-2-3-16-15(10-14)19(25-24-16)17-11-18(23-12-22-17)26-8-4-13(5-9-26)20(27)28/h11-16,19,24-25H,2-10H2,1H3,(H,27,28). The van der Waals surface area contributed by atoms with E-state index in [4.69, 9.17) is 4.74 Å². The normalized spacial score (nSPS) is 34.0. The molecule has 8 nitrogen and oxygen atoms in total. The zero-order valence-electron chi connectivity index (χ0n) is 17.0. The summed E-state index contributed by atoms with van der Waals surface area (Å²) in [5, 5.41) is 9.22. The highest BCUT2D eigenvalue weighted by Gasteiger charge is 2.46. The lowest BCUT2D eigenvalue weighted by molar-refractivity contribution is -0.142. The van der Waals surface area contributed by atoms with Crippen molar-refractivity contribution in [2.45, 2.75) is 75.7 Å². The summed E-state index contributed by atoms with van der Waals surface area (Å²) in [5.41, 5.74) is 8.08. The second-order valence-corrected chi connectivity index (χ2v) is 9.44. The van der Waals surface area contributed by atoms with E-state index in [9.17, 15) is 9.90 Å². The molecule has 2 saturated heterocycles. The topological polar surface area (TPSA) is 99.6 Å². The van der Waals surface area contributed by atoms with E-state index < -0.39 is 5.97 Å². The first-order valence-corrected chi connectivity index (χ1v) is 11.0. The lowest BCUT2D eigenvalue weighted by Crippen LogP contribution is -2.38. The summed E-state index contributed by atoms with van der Waals surface area (Å²) in [6.07, 6.45) is 8.97. The average molecular weight is 402 g/mol. The molecule has 1 aromatic heterocycles. The number of hydrogen-bond acceptors (Lipinski definition) is 7. The van der Waals surface area contributed by atoms with Crippen molar-refractivity contribution in [3.63, 3.8) is 0 Å². The summed E-state index contributed by atoms with van der Waals surface area (Å²) in [6, 6.07) is 2.68. The molecule has 5 rings (SSSR count). The van der Waals surface area contributed by atoms with Crippen molar-refractivity contribution in [2.24, 2.45) is 11.8 Å². The number of anilines is 1. The number of aliphatic carboxylic acids is 1. The molecule has 2 aliphatic heterocycles. The summed E-state index contributed by atoms with van der Waals surface area (Å²) in [4.78, 5) is 22.5. The minimum atomic E-state index is -0.686. The number of carbonyl (C=O) groups is 1. The predicted molar refractivity (Wildman–Crippen MR) is 107 cm³/mol. The molecule has 0 amide bonds. The Kier molecular flexibility index (Phi) is 4.96. The first kappa shape index (κ1) is 19.2. The van der Waals surface area contributed by atoms with Gasteiger partial charge in [0.1, 0.15) is 12.1 Å². The molecule has 29 heavy (non-hydrogen) atoms. The van der Waals surface area contributed by atoms with Gasteiger partial charge in [0.25, 0.3) is 0 Å². The molecule has 8 heteroatoms. The Hall–Kier alpha value is -1.77. The van der Waals surface area contributed by atoms with Crippen LogP contribution in [0.15, 0.2) is 12.4 Å². The average Bonchev–Trinajstić information content (AvgIpc) is 3.31. The van der Waals surface area contributed by atoms with Crippen molar-refractivity contribution in [3.05, 3.63) is 18.1 Å². The zero-order valence-corrected chi connectivity index (χ0v) is 17.0. The van der Waals surface area contributed by atoms with E-state index in [1.165, 1.54) is 12.8 Å². The number of hydrogen-bond donors (Lipinski definition) is 3. The Morgan fingerprint density at radius 1 is 1.21 bits per heavy atom. The fourth-order valence-corrected chi connectivity index (χ4v) is 5.17. The molecule has 0 bridgehead atoms. The third-order valence-electron chi connectivity index (χ3n) is 7.27. The number of nitrogens with one attached hydrogen (secondary N) is 2. The molecule has 158 valence electrons. The smallest absolute Gasteiger partial charge is 0.306 e. The van der Waals surface area contributed by atoms with Gasteiger partial charge in [-0.25, -0.2) is 15.4 Å². The van der Waals surface area contributed by atoms with Gasteiger partial charge in [0.15, 0.2) is 0 Å². The summed E-state index contributed by atoms with van der Waals surface area (Å²) in [5.74, 6) is 0.436. The minimum absolute atomic E-state index is 0.122. The van der Waals surface area contributed by atoms with Crippen LogP contribution in [0.25, 0.3) is 0 Å². The van der Waals surface area contributed by atoms with Crippen LogP contribution in [0.4, 0.5) is 5.82 Å². The monoisotopic (exact) mass is 401 g/mol. The summed E-state index contributed by atoms with van der Waals surface area (Å²) >= 11 is 0. The van der Waals surface area contributed by atoms with E-state index in [2.05, 4.69) is 38.7 Å². The number of ether oxygens (including phenoxy) is 1. The molecule has 0 radical (unpaired) electrons. The van der Waals surface area contributed by atoms with E-state index in [-0.39, 0.29) is 17.6 Å². The van der Waals surface area contributed by atoms with Crippen molar-refractivity contribution in [3.8, 4) is 0 Å². The molecule has 4 unspecified atom stereocenters. The van der Waals surface area contributed by atoms with Gasteiger partial charge in [-0.15, -0.1) is 0 Å². The van der Waals surface area contributed by atoms with Gasteiger partial charge >= 0.3 is 5.97 Å². The molecular weight excluding hydrogens is 370 g/mol. The van der Waals surface area contributed by atoms with Crippen molar-refractivity contribution >= 4 is 11.8 Å². The van der Waals surface area contributed by atoms with Crippen LogP contribution in [0.2, 0.25) is 0 Å². The van der Waals surface area contributed by atoms with Crippen LogP contribution in [0.5, 0.6) is 0 Å². The first-order valence-electron chi connectivity index (χ1n) is 11.0. The number of rotatable bonds is 5. The van der Waals surface area contributed by atoms with Crippen LogP contribution < -0.4 is 15.8 Å². The van der Waals surface area contributed by atoms with Gasteiger partial charge in [-0.2, -0.15) is 0 Å². The first-order chi connectivity index (χ1) is 14.0. The summed E-state index contributed by atoms with van der Waals surface area (Å²) in [6.45, 7) is 3.68. The van der Waals surface area contributed by atoms with Crippen LogP contribution >= 0.6 is 0 Å². The molecule has 0 spiro atoms. The highest BCUT2D eigenvalue weighted by Crippen LogP contribution is 2.45. The Bertz CT molecular complexity index is 762. The molecule has 0 aromatic carbocycles. The maximum absolute atomic E-state index is 11.2. The maximum atomic E-state index is 11.2. The highest BCUT2D eigenvalue weighted by molar-refractivity contribution is 5.70. The van der Waals surface area contributed by atoms with Crippen LogP contribution in [0.3, 0.4) is 0 Å². The van der Waals surface area contributed by atoms with Gasteiger partial charge in [-0.3, -0.25) is 10.2 Å². The SMILES string of the molecule is CC1(OC2CCC3NNC(c4cc(N5CCC(C(=O)O)CC5)ncn4)C3C2)CC1. The largest absolute Gasteiger partial charge is 0.481 e.